The Morgan fingerprint density at radius 2 is 1.22 bits per heavy atom. The first kappa shape index (κ1) is 31.3. The van der Waals surface area contributed by atoms with E-state index in [1.165, 1.54) is 38.2 Å². The Bertz CT molecular complexity index is 1000. The van der Waals surface area contributed by atoms with Crippen molar-refractivity contribution in [3.63, 3.8) is 0 Å². The molecule has 1 aliphatic rings. The summed E-state index contributed by atoms with van der Waals surface area (Å²) in [5, 5.41) is 5.48. The Morgan fingerprint density at radius 3 is 1.50 bits per heavy atom. The van der Waals surface area contributed by atoms with E-state index in [0.717, 1.165) is 6.42 Å². The van der Waals surface area contributed by atoms with Gasteiger partial charge in [-0.3, -0.25) is 6.08 Å². The average molecular weight is 547 g/mol. The van der Waals surface area contributed by atoms with Crippen LogP contribution in [-0.2, 0) is 37.0 Å². The molecule has 0 aromatic heterocycles. The number of hydrogen-bond donors (Lipinski definition) is 0. The summed E-state index contributed by atoms with van der Waals surface area (Å²) in [5.74, 6) is 0.685. The van der Waals surface area contributed by atoms with Crippen LogP contribution in [0.15, 0.2) is 60.2 Å². The zero-order valence-corrected chi connectivity index (χ0v) is 24.7. The maximum absolute atomic E-state index is 3.14. The van der Waals surface area contributed by atoms with Crippen molar-refractivity contribution in [2.75, 3.05) is 0 Å². The molecule has 0 radical (unpaired) electrons. The van der Waals surface area contributed by atoms with E-state index in [2.05, 4.69) is 116 Å². The van der Waals surface area contributed by atoms with E-state index in [1.54, 1.807) is 0 Å². The molecular formula is C29H36Cl2Zr. The first-order valence-electron chi connectivity index (χ1n) is 10.9. The summed E-state index contributed by atoms with van der Waals surface area (Å²) in [5.41, 5.74) is 4.65. The van der Waals surface area contributed by atoms with Crippen LogP contribution in [0.3, 0.4) is 0 Å². The molecule has 32 heavy (non-hydrogen) atoms. The van der Waals surface area contributed by atoms with Crippen LogP contribution in [0.2, 0.25) is 0 Å². The Morgan fingerprint density at radius 1 is 0.781 bits per heavy atom. The largest absolute Gasteiger partial charge is 4.00 e. The number of hydrogen-bond acceptors (Lipinski definition) is 0. The van der Waals surface area contributed by atoms with E-state index in [-0.39, 0.29) is 61.8 Å². The maximum Gasteiger partial charge on any atom is 4.00 e. The minimum atomic E-state index is 0. The molecule has 0 unspecified atom stereocenters. The van der Waals surface area contributed by atoms with Gasteiger partial charge < -0.3 is 24.8 Å². The zero-order chi connectivity index (χ0) is 21.4. The van der Waals surface area contributed by atoms with Crippen LogP contribution >= 0.6 is 0 Å². The topological polar surface area (TPSA) is 0 Å². The van der Waals surface area contributed by atoms with Crippen LogP contribution in [0.4, 0.5) is 0 Å². The molecule has 0 saturated heterocycles. The summed E-state index contributed by atoms with van der Waals surface area (Å²) >= 11 is 0. The predicted octanol–water partition coefficient (Wildman–Crippen LogP) is 2.64. The van der Waals surface area contributed by atoms with Crippen molar-refractivity contribution in [3.8, 4) is 0 Å². The van der Waals surface area contributed by atoms with Crippen LogP contribution in [0.1, 0.15) is 72.9 Å². The van der Waals surface area contributed by atoms with Crippen LogP contribution in [0, 0.1) is 12.0 Å². The van der Waals surface area contributed by atoms with Crippen molar-refractivity contribution < 1.29 is 51.0 Å². The number of fused-ring (bicyclic) bond motifs is 3. The smallest absolute Gasteiger partial charge is 1.00 e. The molecule has 0 spiro atoms. The molecule has 0 fully saturated rings. The summed E-state index contributed by atoms with van der Waals surface area (Å²) in [6.07, 6.45) is 8.47. The molecule has 0 amide bonds. The fraction of sp³-hybridized carbons (Fsp3) is 0.414. The molecule has 0 atom stereocenters. The minimum Gasteiger partial charge on any atom is -1.00 e. The Hall–Kier alpha value is -0.747. The summed E-state index contributed by atoms with van der Waals surface area (Å²) < 4.78 is 0. The molecular weight excluding hydrogens is 510 g/mol. The van der Waals surface area contributed by atoms with Gasteiger partial charge in [-0.1, -0.05) is 96.7 Å². The maximum atomic E-state index is 3.14. The van der Waals surface area contributed by atoms with Gasteiger partial charge in [0, 0.05) is 0 Å². The first-order chi connectivity index (χ1) is 13.5. The Kier molecular flexibility index (Phi) is 11.8. The van der Waals surface area contributed by atoms with Crippen molar-refractivity contribution in [2.45, 2.75) is 72.6 Å². The van der Waals surface area contributed by atoms with E-state index < -0.39 is 0 Å². The van der Waals surface area contributed by atoms with E-state index >= 15 is 0 Å². The van der Waals surface area contributed by atoms with Gasteiger partial charge in [-0.25, -0.2) is 6.08 Å². The molecule has 0 nitrogen and oxygen atoms in total. The molecule has 3 aromatic rings. The van der Waals surface area contributed by atoms with Gasteiger partial charge in [0.15, 0.2) is 0 Å². The minimum absolute atomic E-state index is 0. The molecule has 0 aliphatic heterocycles. The van der Waals surface area contributed by atoms with Crippen molar-refractivity contribution >= 4 is 21.5 Å². The number of halogens is 2. The summed E-state index contributed by atoms with van der Waals surface area (Å²) in [4.78, 5) is 0. The van der Waals surface area contributed by atoms with Gasteiger partial charge in [-0.15, -0.1) is 46.2 Å². The van der Waals surface area contributed by atoms with Crippen molar-refractivity contribution in [1.29, 1.82) is 0 Å². The van der Waals surface area contributed by atoms with E-state index in [9.17, 15) is 0 Å². The molecule has 0 saturated carbocycles. The molecule has 0 bridgehead atoms. The van der Waals surface area contributed by atoms with E-state index in [4.69, 9.17) is 0 Å². The number of benzene rings is 2. The van der Waals surface area contributed by atoms with Gasteiger partial charge in [0.1, 0.15) is 0 Å². The standard InChI is InChI=1S/C21H25.C8H11.2ClH.Zr/c1-20(2,3)16-7-9-18-14(12-16)11-15-13-17(21(4,5)6)8-10-19(15)18;1-7(2)8-5-3-4-6-8;;;/h7-13H,1-6H3;5-7H,3H2,1-2H3;2*1H;/q2*-1;;;+4/p-2. The van der Waals surface area contributed by atoms with E-state index in [1.807, 2.05) is 0 Å². The third kappa shape index (κ3) is 7.38. The van der Waals surface area contributed by atoms with E-state index in [0.29, 0.717) is 5.92 Å². The first-order valence-corrected chi connectivity index (χ1v) is 10.9. The van der Waals surface area contributed by atoms with Gasteiger partial charge >= 0.3 is 26.2 Å². The molecule has 3 aromatic carbocycles. The van der Waals surface area contributed by atoms with Gasteiger partial charge in [-0.05, 0) is 10.8 Å². The van der Waals surface area contributed by atoms with Crippen molar-refractivity contribution in [2.24, 2.45) is 5.92 Å². The van der Waals surface area contributed by atoms with Crippen LogP contribution < -0.4 is 24.8 Å². The quantitative estimate of drug-likeness (QED) is 0.412. The summed E-state index contributed by atoms with van der Waals surface area (Å²) in [6.45, 7) is 18.0. The number of allylic oxidation sites excluding steroid dienone is 4. The van der Waals surface area contributed by atoms with Crippen LogP contribution in [-0.4, -0.2) is 0 Å². The Balaban J connectivity index is 0.000000752. The van der Waals surface area contributed by atoms with Gasteiger partial charge in [0.05, 0.1) is 0 Å². The second-order valence-electron chi connectivity index (χ2n) is 10.7. The third-order valence-electron chi connectivity index (χ3n) is 5.83. The van der Waals surface area contributed by atoms with Crippen LogP contribution in [0.25, 0.3) is 21.5 Å². The fourth-order valence-electron chi connectivity index (χ4n) is 3.77. The zero-order valence-electron chi connectivity index (χ0n) is 20.7. The number of rotatable bonds is 1. The molecule has 0 N–H and O–H groups in total. The normalized spacial score (nSPS) is 13.1. The van der Waals surface area contributed by atoms with Gasteiger partial charge in [-0.2, -0.15) is 11.6 Å². The Labute approximate surface area is 227 Å². The SMILES string of the molecule is CC(C)(C)c1ccc2c(c1)[cH-]c1cc(C(C)(C)C)ccc12.CC(C)C1=CC[C-]=C1.[Cl-].[Cl-].[Zr+4]. The summed E-state index contributed by atoms with van der Waals surface area (Å²) in [6, 6.07) is 16.2. The molecule has 3 heteroatoms. The van der Waals surface area contributed by atoms with Crippen LogP contribution in [0.5, 0.6) is 0 Å². The van der Waals surface area contributed by atoms with Gasteiger partial charge in [0.2, 0.25) is 0 Å². The molecule has 170 valence electrons. The third-order valence-corrected chi connectivity index (χ3v) is 5.83. The van der Waals surface area contributed by atoms with Gasteiger partial charge in [0.25, 0.3) is 0 Å². The summed E-state index contributed by atoms with van der Waals surface area (Å²) in [7, 11) is 0. The molecule has 1 aliphatic carbocycles. The average Bonchev–Trinajstić information content (AvgIpc) is 3.27. The monoisotopic (exact) mass is 544 g/mol. The second-order valence-corrected chi connectivity index (χ2v) is 10.7. The van der Waals surface area contributed by atoms with Crippen molar-refractivity contribution in [1.82, 2.24) is 0 Å². The predicted molar refractivity (Wildman–Crippen MR) is 130 cm³/mol. The molecule has 0 heterocycles. The molecule has 4 rings (SSSR count). The van der Waals surface area contributed by atoms with Crippen molar-refractivity contribution in [3.05, 3.63) is 77.4 Å². The fourth-order valence-corrected chi connectivity index (χ4v) is 3.77. The second kappa shape index (κ2) is 12.1.